The van der Waals surface area contributed by atoms with Gasteiger partial charge in [0.1, 0.15) is 0 Å². The van der Waals surface area contributed by atoms with Gasteiger partial charge in [0.15, 0.2) is 0 Å². The van der Waals surface area contributed by atoms with Gasteiger partial charge in [-0.3, -0.25) is 10.1 Å². The first-order valence-corrected chi connectivity index (χ1v) is 9.80. The number of hydrogen-bond donors (Lipinski definition) is 0. The van der Waals surface area contributed by atoms with E-state index in [-0.39, 0.29) is 5.16 Å². The fourth-order valence-electron chi connectivity index (χ4n) is 2.92. The van der Waals surface area contributed by atoms with Crippen molar-refractivity contribution in [3.8, 4) is 5.69 Å². The summed E-state index contributed by atoms with van der Waals surface area (Å²) in [5, 5.41) is 22.1. The molecule has 0 amide bonds. The largest absolute Gasteiger partial charge is 0.272 e. The van der Waals surface area contributed by atoms with E-state index >= 15 is 0 Å². The van der Waals surface area contributed by atoms with Crippen LogP contribution in [0.4, 0.5) is 0 Å². The van der Waals surface area contributed by atoms with Crippen molar-refractivity contribution in [2.75, 3.05) is 5.75 Å². The first-order valence-electron chi connectivity index (χ1n) is 8.15. The van der Waals surface area contributed by atoms with Crippen molar-refractivity contribution in [2.45, 2.75) is 18.1 Å². The number of para-hydroxylation sites is 1. The monoisotopic (exact) mass is 387 g/mol. The second-order valence-electron chi connectivity index (χ2n) is 6.11. The maximum atomic E-state index is 12.9. The van der Waals surface area contributed by atoms with E-state index in [4.69, 9.17) is 0 Å². The summed E-state index contributed by atoms with van der Waals surface area (Å²) in [4.78, 5) is 11.1. The zero-order valence-electron chi connectivity index (χ0n) is 14.4. The van der Waals surface area contributed by atoms with Gasteiger partial charge in [-0.15, -0.1) is 0 Å². The van der Waals surface area contributed by atoms with E-state index in [2.05, 4.69) is 15.5 Å². The lowest BCUT2D eigenvalue weighted by molar-refractivity contribution is -0.537. The summed E-state index contributed by atoms with van der Waals surface area (Å²) in [5.74, 6) is -1.24. The van der Waals surface area contributed by atoms with Crippen LogP contribution in [0.5, 0.6) is 0 Å². The predicted octanol–water partition coefficient (Wildman–Crippen LogP) is 2.09. The average molecular weight is 387 g/mol. The highest BCUT2D eigenvalue weighted by atomic mass is 32.2. The number of sulfone groups is 1. The molecule has 0 saturated carbocycles. The van der Waals surface area contributed by atoms with E-state index in [0.717, 1.165) is 4.68 Å². The SMILES string of the molecule is C[C@@H](CS(=O)(=O)c1nnnn1-c1ccccc1)[C@H](c1ccccc1)[N+](=O)[O-]. The topological polar surface area (TPSA) is 121 Å². The van der Waals surface area contributed by atoms with E-state index in [9.17, 15) is 18.5 Å². The molecular formula is C17H17N5O4S. The molecule has 0 aliphatic rings. The van der Waals surface area contributed by atoms with Crippen molar-refractivity contribution < 1.29 is 13.3 Å². The Kier molecular flexibility index (Phi) is 5.26. The molecule has 0 spiro atoms. The second-order valence-corrected chi connectivity index (χ2v) is 8.04. The number of hydrogen-bond acceptors (Lipinski definition) is 7. The number of rotatable bonds is 7. The lowest BCUT2D eigenvalue weighted by Gasteiger charge is -2.17. The first kappa shape index (κ1) is 18.6. The fourth-order valence-corrected chi connectivity index (χ4v) is 4.51. The molecule has 9 nitrogen and oxygen atoms in total. The van der Waals surface area contributed by atoms with Crippen molar-refractivity contribution >= 4 is 9.84 Å². The minimum atomic E-state index is -3.96. The quantitative estimate of drug-likeness (QED) is 0.449. The summed E-state index contributed by atoms with van der Waals surface area (Å²) in [6.45, 7) is 1.54. The molecule has 0 radical (unpaired) electrons. The van der Waals surface area contributed by atoms with Gasteiger partial charge in [0.2, 0.25) is 15.9 Å². The number of tetrazole rings is 1. The van der Waals surface area contributed by atoms with Crippen LogP contribution in [0.2, 0.25) is 0 Å². The van der Waals surface area contributed by atoms with Gasteiger partial charge in [0.05, 0.1) is 11.4 Å². The van der Waals surface area contributed by atoms with E-state index < -0.39 is 32.5 Å². The Balaban J connectivity index is 1.91. The number of nitro groups is 1. The van der Waals surface area contributed by atoms with Crippen molar-refractivity contribution in [2.24, 2.45) is 5.92 Å². The zero-order chi connectivity index (χ0) is 19.4. The molecule has 27 heavy (non-hydrogen) atoms. The highest BCUT2D eigenvalue weighted by Gasteiger charge is 2.36. The molecular weight excluding hydrogens is 370 g/mol. The number of aromatic nitrogens is 4. The first-order chi connectivity index (χ1) is 12.9. The maximum absolute atomic E-state index is 12.9. The molecule has 0 saturated heterocycles. The van der Waals surface area contributed by atoms with Crippen LogP contribution in [0.25, 0.3) is 5.69 Å². The molecule has 0 fully saturated rings. The van der Waals surface area contributed by atoms with Crippen LogP contribution in [0, 0.1) is 16.0 Å². The molecule has 1 aromatic heterocycles. The molecule has 140 valence electrons. The highest BCUT2D eigenvalue weighted by Crippen LogP contribution is 2.28. The normalized spacial score (nSPS) is 13.8. The van der Waals surface area contributed by atoms with Crippen LogP contribution in [-0.4, -0.2) is 39.3 Å². The van der Waals surface area contributed by atoms with E-state index in [1.54, 1.807) is 60.7 Å². The van der Waals surface area contributed by atoms with Gasteiger partial charge in [-0.1, -0.05) is 60.6 Å². The van der Waals surface area contributed by atoms with Gasteiger partial charge >= 0.3 is 0 Å². The summed E-state index contributed by atoms with van der Waals surface area (Å²) in [6.07, 6.45) is 0. The van der Waals surface area contributed by atoms with Crippen LogP contribution in [-0.2, 0) is 9.84 Å². The summed E-state index contributed by atoms with van der Waals surface area (Å²) in [6, 6.07) is 15.8. The molecule has 0 aliphatic carbocycles. The fraction of sp³-hybridized carbons (Fsp3) is 0.235. The molecule has 0 bridgehead atoms. The Hall–Kier alpha value is -3.14. The number of benzene rings is 2. The molecule has 0 unspecified atom stereocenters. The zero-order valence-corrected chi connectivity index (χ0v) is 15.2. The van der Waals surface area contributed by atoms with Gasteiger partial charge < -0.3 is 0 Å². The van der Waals surface area contributed by atoms with Crippen LogP contribution in [0.3, 0.4) is 0 Å². The Labute approximate surface area is 155 Å². The molecule has 2 aromatic carbocycles. The average Bonchev–Trinajstić information content (AvgIpc) is 3.13. The Morgan fingerprint density at radius 2 is 1.67 bits per heavy atom. The van der Waals surface area contributed by atoms with E-state index in [1.165, 1.54) is 6.92 Å². The third-order valence-corrected chi connectivity index (χ3v) is 5.88. The lowest BCUT2D eigenvalue weighted by atomic mass is 9.97. The summed E-state index contributed by atoms with van der Waals surface area (Å²) in [7, 11) is -3.96. The van der Waals surface area contributed by atoms with Crippen molar-refractivity contribution in [1.82, 2.24) is 20.2 Å². The molecule has 10 heteroatoms. The maximum Gasteiger partial charge on any atom is 0.272 e. The van der Waals surface area contributed by atoms with Gasteiger partial charge in [0, 0.05) is 16.4 Å². The van der Waals surface area contributed by atoms with Crippen LogP contribution in [0.1, 0.15) is 18.5 Å². The van der Waals surface area contributed by atoms with Crippen molar-refractivity contribution in [3.63, 3.8) is 0 Å². The van der Waals surface area contributed by atoms with E-state index in [0.29, 0.717) is 11.3 Å². The number of nitrogens with zero attached hydrogens (tertiary/aromatic N) is 5. The second kappa shape index (κ2) is 7.62. The highest BCUT2D eigenvalue weighted by molar-refractivity contribution is 7.91. The third kappa shape index (κ3) is 4.00. The molecule has 3 rings (SSSR count). The minimum Gasteiger partial charge on any atom is -0.264 e. The van der Waals surface area contributed by atoms with Gasteiger partial charge in [0.25, 0.3) is 5.16 Å². The molecule has 2 atom stereocenters. The minimum absolute atomic E-state index is 0.337. The molecule has 0 aliphatic heterocycles. The summed E-state index contributed by atoms with van der Waals surface area (Å²) in [5.41, 5.74) is 0.940. The lowest BCUT2D eigenvalue weighted by Crippen LogP contribution is -2.27. The van der Waals surface area contributed by atoms with Gasteiger partial charge in [-0.2, -0.15) is 4.68 Å². The van der Waals surface area contributed by atoms with E-state index in [1.807, 2.05) is 0 Å². The van der Waals surface area contributed by atoms with Crippen LogP contribution >= 0.6 is 0 Å². The van der Waals surface area contributed by atoms with Gasteiger partial charge in [-0.25, -0.2) is 8.42 Å². The van der Waals surface area contributed by atoms with Crippen molar-refractivity contribution in [1.29, 1.82) is 0 Å². The molecule has 3 aromatic rings. The summed E-state index contributed by atoms with van der Waals surface area (Å²) >= 11 is 0. The Morgan fingerprint density at radius 3 is 2.26 bits per heavy atom. The molecule has 0 N–H and O–H groups in total. The summed E-state index contributed by atoms with van der Waals surface area (Å²) < 4.78 is 26.9. The smallest absolute Gasteiger partial charge is 0.264 e. The molecule has 1 heterocycles. The van der Waals surface area contributed by atoms with Crippen LogP contribution < -0.4 is 0 Å². The Morgan fingerprint density at radius 1 is 1.07 bits per heavy atom. The van der Waals surface area contributed by atoms with Crippen molar-refractivity contribution in [3.05, 3.63) is 76.3 Å². The third-order valence-electron chi connectivity index (χ3n) is 4.11. The Bertz CT molecular complexity index is 1020. The van der Waals surface area contributed by atoms with Gasteiger partial charge in [-0.05, 0) is 22.6 Å². The van der Waals surface area contributed by atoms with Crippen LogP contribution in [0.15, 0.2) is 65.8 Å². The standard InChI is InChI=1S/C17H17N5O4S/c1-13(16(22(23)24)14-8-4-2-5-9-14)12-27(25,26)17-18-19-20-21(17)15-10-6-3-7-11-15/h2-11,13,16H,12H2,1H3/t13-,16+/m0/s1. The predicted molar refractivity (Wildman–Crippen MR) is 96.5 cm³/mol.